The number of benzene rings is 1. The van der Waals surface area contributed by atoms with Crippen LogP contribution in [0.4, 0.5) is 5.69 Å². The molecule has 0 aromatic heterocycles. The van der Waals surface area contributed by atoms with Crippen LogP contribution in [0.2, 0.25) is 0 Å². The van der Waals surface area contributed by atoms with Gasteiger partial charge in [0.25, 0.3) is 0 Å². The van der Waals surface area contributed by atoms with Gasteiger partial charge in [0.2, 0.25) is 5.91 Å². The van der Waals surface area contributed by atoms with Crippen molar-refractivity contribution in [3.63, 3.8) is 0 Å². The van der Waals surface area contributed by atoms with E-state index in [1.54, 1.807) is 19.1 Å². The Labute approximate surface area is 113 Å². The van der Waals surface area contributed by atoms with Gasteiger partial charge in [-0.3, -0.25) is 4.79 Å². The van der Waals surface area contributed by atoms with E-state index in [2.05, 4.69) is 5.32 Å². The molecule has 2 atom stereocenters. The monoisotopic (exact) mass is 264 g/mol. The first-order valence-electron chi connectivity index (χ1n) is 6.56. The number of nitrogens with one attached hydrogen (secondary N) is 1. The van der Waals surface area contributed by atoms with Crippen molar-refractivity contribution in [3.8, 4) is 5.75 Å². The van der Waals surface area contributed by atoms with Crippen molar-refractivity contribution >= 4 is 11.6 Å². The Morgan fingerprint density at radius 1 is 1.53 bits per heavy atom. The molecule has 0 saturated carbocycles. The van der Waals surface area contributed by atoms with Crippen LogP contribution in [0.5, 0.6) is 5.75 Å². The molecule has 2 rings (SSSR count). The average molecular weight is 264 g/mol. The van der Waals surface area contributed by atoms with E-state index < -0.39 is 6.04 Å². The van der Waals surface area contributed by atoms with Gasteiger partial charge in [-0.25, -0.2) is 0 Å². The third-order valence-corrected chi connectivity index (χ3v) is 3.00. The molecule has 1 heterocycles. The lowest BCUT2D eigenvalue weighted by Crippen LogP contribution is -2.32. The maximum Gasteiger partial charge on any atom is 0.240 e. The molecule has 1 saturated heterocycles. The zero-order valence-corrected chi connectivity index (χ0v) is 11.1. The van der Waals surface area contributed by atoms with Crippen molar-refractivity contribution in [2.45, 2.75) is 31.9 Å². The number of anilines is 1. The number of carbonyl (C=O) groups excluding carboxylic acids is 1. The molecule has 1 aromatic carbocycles. The molecule has 0 bridgehead atoms. The second kappa shape index (κ2) is 6.54. The maximum absolute atomic E-state index is 11.4. The Balaban J connectivity index is 1.82. The van der Waals surface area contributed by atoms with E-state index in [0.717, 1.165) is 25.2 Å². The molecule has 0 spiro atoms. The highest BCUT2D eigenvalue weighted by Gasteiger charge is 2.15. The summed E-state index contributed by atoms with van der Waals surface area (Å²) in [7, 11) is 0. The van der Waals surface area contributed by atoms with Crippen molar-refractivity contribution in [2.75, 3.05) is 18.5 Å². The van der Waals surface area contributed by atoms with E-state index in [4.69, 9.17) is 15.2 Å². The highest BCUT2D eigenvalue weighted by molar-refractivity contribution is 5.94. The number of hydrogen-bond donors (Lipinski definition) is 2. The molecule has 104 valence electrons. The second-order valence-corrected chi connectivity index (χ2v) is 4.75. The van der Waals surface area contributed by atoms with Crippen LogP contribution in [0.1, 0.15) is 19.8 Å². The highest BCUT2D eigenvalue weighted by atomic mass is 16.5. The molecular weight excluding hydrogens is 244 g/mol. The summed E-state index contributed by atoms with van der Waals surface area (Å²) in [5.74, 6) is 0.572. The summed E-state index contributed by atoms with van der Waals surface area (Å²) in [6, 6.07) is 6.73. The number of nitrogens with two attached hydrogens (primary N) is 1. The Bertz CT molecular complexity index is 411. The topological polar surface area (TPSA) is 73.6 Å². The van der Waals surface area contributed by atoms with Crippen LogP contribution in [0.25, 0.3) is 0 Å². The van der Waals surface area contributed by atoms with Crippen LogP contribution >= 0.6 is 0 Å². The number of amides is 1. The Morgan fingerprint density at radius 2 is 2.26 bits per heavy atom. The molecule has 19 heavy (non-hydrogen) atoms. The minimum absolute atomic E-state index is 0.201. The van der Waals surface area contributed by atoms with Crippen molar-refractivity contribution in [2.24, 2.45) is 5.73 Å². The molecule has 3 N–H and O–H groups in total. The van der Waals surface area contributed by atoms with Gasteiger partial charge in [-0.2, -0.15) is 0 Å². The summed E-state index contributed by atoms with van der Waals surface area (Å²) in [5.41, 5.74) is 6.20. The third kappa shape index (κ3) is 4.22. The smallest absolute Gasteiger partial charge is 0.240 e. The summed E-state index contributed by atoms with van der Waals surface area (Å²) in [5, 5.41) is 2.72. The van der Waals surface area contributed by atoms with Gasteiger partial charge in [-0.05, 0) is 44.0 Å². The lowest BCUT2D eigenvalue weighted by molar-refractivity contribution is -0.117. The molecular formula is C14H20N2O3. The Kier molecular flexibility index (Phi) is 4.76. The summed E-state index contributed by atoms with van der Waals surface area (Å²) >= 11 is 0. The van der Waals surface area contributed by atoms with Crippen molar-refractivity contribution < 1.29 is 14.3 Å². The number of carbonyl (C=O) groups is 1. The number of ether oxygens (including phenoxy) is 2. The number of hydrogen-bond acceptors (Lipinski definition) is 4. The lowest BCUT2D eigenvalue weighted by Gasteiger charge is -2.12. The summed E-state index contributed by atoms with van der Waals surface area (Å²) in [4.78, 5) is 11.4. The SMILES string of the molecule is C[C@@H](N)C(=O)Nc1ccc(OCC2CCCO2)cc1. The van der Waals surface area contributed by atoms with E-state index in [1.807, 2.05) is 12.1 Å². The third-order valence-electron chi connectivity index (χ3n) is 3.00. The molecule has 1 unspecified atom stereocenters. The first kappa shape index (κ1) is 13.8. The van der Waals surface area contributed by atoms with Crippen LogP contribution < -0.4 is 15.8 Å². The van der Waals surface area contributed by atoms with Crippen LogP contribution in [0.3, 0.4) is 0 Å². The Morgan fingerprint density at radius 3 is 2.84 bits per heavy atom. The fourth-order valence-corrected chi connectivity index (χ4v) is 1.86. The molecule has 1 aliphatic rings. The summed E-state index contributed by atoms with van der Waals surface area (Å²) in [6.45, 7) is 3.05. The average Bonchev–Trinajstić information content (AvgIpc) is 2.91. The first-order valence-corrected chi connectivity index (χ1v) is 6.56. The zero-order valence-electron chi connectivity index (χ0n) is 11.1. The van der Waals surface area contributed by atoms with Crippen molar-refractivity contribution in [3.05, 3.63) is 24.3 Å². The van der Waals surface area contributed by atoms with Gasteiger partial charge in [-0.15, -0.1) is 0 Å². The fraction of sp³-hybridized carbons (Fsp3) is 0.500. The van der Waals surface area contributed by atoms with Crippen LogP contribution in [0.15, 0.2) is 24.3 Å². The predicted octanol–water partition coefficient (Wildman–Crippen LogP) is 1.53. The maximum atomic E-state index is 11.4. The van der Waals surface area contributed by atoms with Gasteiger partial charge in [0.1, 0.15) is 12.4 Å². The van der Waals surface area contributed by atoms with E-state index in [9.17, 15) is 4.79 Å². The highest BCUT2D eigenvalue weighted by Crippen LogP contribution is 2.18. The zero-order chi connectivity index (χ0) is 13.7. The molecule has 1 amide bonds. The van der Waals surface area contributed by atoms with Gasteiger partial charge in [0.15, 0.2) is 0 Å². The van der Waals surface area contributed by atoms with E-state index in [-0.39, 0.29) is 12.0 Å². The standard InChI is InChI=1S/C14H20N2O3/c1-10(15)14(17)16-11-4-6-12(7-5-11)19-9-13-3-2-8-18-13/h4-7,10,13H,2-3,8-9,15H2,1H3,(H,16,17)/t10-,13?/m1/s1. The fourth-order valence-electron chi connectivity index (χ4n) is 1.86. The van der Waals surface area contributed by atoms with Crippen LogP contribution in [-0.2, 0) is 9.53 Å². The minimum Gasteiger partial charge on any atom is -0.491 e. The number of rotatable bonds is 5. The molecule has 5 heteroatoms. The largest absolute Gasteiger partial charge is 0.491 e. The normalized spacial score (nSPS) is 20.0. The van der Waals surface area contributed by atoms with E-state index in [1.165, 1.54) is 0 Å². The molecule has 1 fully saturated rings. The van der Waals surface area contributed by atoms with Gasteiger partial charge in [0, 0.05) is 12.3 Å². The lowest BCUT2D eigenvalue weighted by atomic mass is 10.2. The molecule has 0 radical (unpaired) electrons. The van der Waals surface area contributed by atoms with Gasteiger partial charge in [-0.1, -0.05) is 0 Å². The quantitative estimate of drug-likeness (QED) is 0.846. The van der Waals surface area contributed by atoms with Crippen molar-refractivity contribution in [1.29, 1.82) is 0 Å². The summed E-state index contributed by atoms with van der Waals surface area (Å²) in [6.07, 6.45) is 2.37. The second-order valence-electron chi connectivity index (χ2n) is 4.75. The molecule has 5 nitrogen and oxygen atoms in total. The van der Waals surface area contributed by atoms with E-state index in [0.29, 0.717) is 12.3 Å². The molecule has 1 aromatic rings. The van der Waals surface area contributed by atoms with Crippen molar-refractivity contribution in [1.82, 2.24) is 0 Å². The van der Waals surface area contributed by atoms with Crippen LogP contribution in [-0.4, -0.2) is 31.3 Å². The minimum atomic E-state index is -0.518. The van der Waals surface area contributed by atoms with Gasteiger partial charge in [0.05, 0.1) is 12.1 Å². The molecule has 1 aliphatic heterocycles. The summed E-state index contributed by atoms with van der Waals surface area (Å²) < 4.78 is 11.1. The molecule has 0 aliphatic carbocycles. The Hall–Kier alpha value is -1.59. The van der Waals surface area contributed by atoms with Gasteiger partial charge < -0.3 is 20.5 Å². The first-order chi connectivity index (χ1) is 9.15. The van der Waals surface area contributed by atoms with E-state index >= 15 is 0 Å². The van der Waals surface area contributed by atoms with Crippen LogP contribution in [0, 0.1) is 0 Å². The predicted molar refractivity (Wildman–Crippen MR) is 73.2 cm³/mol. The van der Waals surface area contributed by atoms with Gasteiger partial charge >= 0.3 is 0 Å².